The number of carbonyl (C=O) groups is 1. The van der Waals surface area contributed by atoms with Crippen LogP contribution in [0.25, 0.3) is 0 Å². The minimum atomic E-state index is -0.796. The van der Waals surface area contributed by atoms with Crippen molar-refractivity contribution in [3.8, 4) is 0 Å². The van der Waals surface area contributed by atoms with E-state index in [1.807, 2.05) is 0 Å². The maximum absolute atomic E-state index is 12.0. The molecule has 0 aromatic heterocycles. The molecule has 0 aromatic carbocycles. The standard InChI is InChI=1S/C80H156O3/c1-3-5-7-9-11-13-15-17-19-21-22-23-24-25-26-28-32-40-46-52-58-64-70-78(80(82)83)79(81)71-65-59-53-47-41-33-29-31-37-43-49-55-61-67-75-73-77(75)69-63-57-51-45-39-35-34-38-44-50-56-62-68-76-72-74(76)66-60-54-48-42-36-30-27-20-18-16-14-12-10-8-6-4-2/h74-79,81H,3-73H2,1-2H3,(H,82,83). The number of hydrogen-bond acceptors (Lipinski definition) is 2. The number of unbranched alkanes of at least 4 members (excludes halogenated alkanes) is 59. The normalized spacial score (nSPS) is 17.4. The van der Waals surface area contributed by atoms with Gasteiger partial charge in [0.25, 0.3) is 0 Å². The highest BCUT2D eigenvalue weighted by molar-refractivity contribution is 5.70. The van der Waals surface area contributed by atoms with Crippen molar-refractivity contribution in [2.24, 2.45) is 29.6 Å². The van der Waals surface area contributed by atoms with E-state index in [1.54, 1.807) is 25.7 Å². The van der Waals surface area contributed by atoms with Gasteiger partial charge >= 0.3 is 5.97 Å². The van der Waals surface area contributed by atoms with Crippen molar-refractivity contribution in [2.75, 3.05) is 0 Å². The monoisotopic (exact) mass is 1170 g/mol. The van der Waals surface area contributed by atoms with Crippen LogP contribution in [0.5, 0.6) is 0 Å². The Balaban J connectivity index is 1.19. The van der Waals surface area contributed by atoms with Gasteiger partial charge in [0.05, 0.1) is 12.0 Å². The van der Waals surface area contributed by atoms with E-state index in [4.69, 9.17) is 0 Å². The number of aliphatic carboxylic acids is 1. The zero-order valence-corrected chi connectivity index (χ0v) is 57.5. The summed E-state index contributed by atoms with van der Waals surface area (Å²) in [7, 11) is 0. The van der Waals surface area contributed by atoms with Gasteiger partial charge in [0.15, 0.2) is 0 Å². The number of hydrogen-bond donors (Lipinski definition) is 2. The fourth-order valence-electron chi connectivity index (χ4n) is 14.9. The van der Waals surface area contributed by atoms with E-state index in [-0.39, 0.29) is 0 Å². The lowest BCUT2D eigenvalue weighted by Crippen LogP contribution is -2.28. The minimum absolute atomic E-state index is 0.581. The Morgan fingerprint density at radius 3 is 0.590 bits per heavy atom. The lowest BCUT2D eigenvalue weighted by atomic mass is 9.91. The number of carboxylic acid groups (broad SMARTS) is 1. The molecule has 2 saturated carbocycles. The number of aliphatic hydroxyl groups is 1. The van der Waals surface area contributed by atoms with Gasteiger partial charge in [-0.3, -0.25) is 4.79 Å². The Bertz CT molecular complexity index is 1260. The molecule has 2 aliphatic carbocycles. The number of rotatable bonds is 73. The second-order valence-electron chi connectivity index (χ2n) is 29.3. The van der Waals surface area contributed by atoms with Crippen molar-refractivity contribution >= 4 is 5.97 Å². The first-order valence-electron chi connectivity index (χ1n) is 40.0. The molecule has 6 unspecified atom stereocenters. The third kappa shape index (κ3) is 55.2. The van der Waals surface area contributed by atoms with Crippen molar-refractivity contribution in [3.05, 3.63) is 0 Å². The predicted octanol–water partition coefficient (Wildman–Crippen LogP) is 28.3. The molecule has 0 heterocycles. The van der Waals surface area contributed by atoms with Gasteiger partial charge in [-0.2, -0.15) is 0 Å². The van der Waals surface area contributed by atoms with Crippen LogP contribution in [-0.4, -0.2) is 22.3 Å². The summed E-state index contributed by atoms with van der Waals surface area (Å²) in [6.07, 6.45) is 99.0. The molecule has 2 N–H and O–H groups in total. The highest BCUT2D eigenvalue weighted by atomic mass is 16.4. The molecule has 0 bridgehead atoms. The largest absolute Gasteiger partial charge is 0.481 e. The van der Waals surface area contributed by atoms with E-state index in [2.05, 4.69) is 13.8 Å². The van der Waals surface area contributed by atoms with Crippen LogP contribution in [0.3, 0.4) is 0 Å². The third-order valence-electron chi connectivity index (χ3n) is 21.2. The maximum Gasteiger partial charge on any atom is 0.309 e. The summed E-state index contributed by atoms with van der Waals surface area (Å²) in [5, 5.41) is 20.6. The van der Waals surface area contributed by atoms with E-state index in [9.17, 15) is 15.0 Å². The van der Waals surface area contributed by atoms with Gasteiger partial charge in [-0.15, -0.1) is 0 Å². The summed E-state index contributed by atoms with van der Waals surface area (Å²) in [4.78, 5) is 12.0. The molecular weight excluding hydrogens is 1010 g/mol. The summed E-state index contributed by atoms with van der Waals surface area (Å²) in [5.74, 6) is 3.03. The van der Waals surface area contributed by atoms with Crippen molar-refractivity contribution < 1.29 is 15.0 Å². The molecule has 83 heavy (non-hydrogen) atoms. The Kier molecular flexibility index (Phi) is 59.6. The molecule has 0 spiro atoms. The van der Waals surface area contributed by atoms with Crippen LogP contribution in [-0.2, 0) is 4.79 Å². The molecule has 6 atom stereocenters. The summed E-state index contributed by atoms with van der Waals surface area (Å²) >= 11 is 0. The first-order valence-corrected chi connectivity index (χ1v) is 40.0. The highest BCUT2D eigenvalue weighted by Crippen LogP contribution is 2.47. The molecule has 2 rings (SSSR count). The number of aliphatic hydroxyl groups excluding tert-OH is 1. The summed E-state index contributed by atoms with van der Waals surface area (Å²) in [6.45, 7) is 4.61. The van der Waals surface area contributed by atoms with E-state index in [1.165, 1.54) is 392 Å². The van der Waals surface area contributed by atoms with Gasteiger partial charge in [-0.25, -0.2) is 0 Å². The van der Waals surface area contributed by atoms with Gasteiger partial charge in [-0.1, -0.05) is 444 Å². The smallest absolute Gasteiger partial charge is 0.309 e. The van der Waals surface area contributed by atoms with E-state index in [0.29, 0.717) is 12.8 Å². The molecule has 0 aliphatic heterocycles. The lowest BCUT2D eigenvalue weighted by molar-refractivity contribution is -0.146. The molecule has 0 radical (unpaired) electrons. The Labute approximate surface area is 523 Å². The van der Waals surface area contributed by atoms with E-state index >= 15 is 0 Å². The molecule has 0 amide bonds. The quantitative estimate of drug-likeness (QED) is 0.0597. The van der Waals surface area contributed by atoms with Crippen LogP contribution in [0.4, 0.5) is 0 Å². The first kappa shape index (κ1) is 78.5. The van der Waals surface area contributed by atoms with E-state index in [0.717, 1.165) is 49.4 Å². The second kappa shape index (κ2) is 63.0. The lowest BCUT2D eigenvalue weighted by Gasteiger charge is -2.19. The maximum atomic E-state index is 12.0. The van der Waals surface area contributed by atoms with Crippen LogP contribution in [0.1, 0.15) is 470 Å². The Morgan fingerprint density at radius 2 is 0.410 bits per heavy atom. The topological polar surface area (TPSA) is 57.5 Å². The minimum Gasteiger partial charge on any atom is -0.481 e. The van der Waals surface area contributed by atoms with E-state index < -0.39 is 18.0 Å². The predicted molar refractivity (Wildman–Crippen MR) is 370 cm³/mol. The molecule has 2 aliphatic rings. The molecule has 3 heteroatoms. The van der Waals surface area contributed by atoms with Crippen LogP contribution >= 0.6 is 0 Å². The van der Waals surface area contributed by atoms with Crippen molar-refractivity contribution in [2.45, 2.75) is 476 Å². The van der Waals surface area contributed by atoms with Crippen LogP contribution in [0.2, 0.25) is 0 Å². The summed E-state index contributed by atoms with van der Waals surface area (Å²) in [6, 6.07) is 0. The zero-order chi connectivity index (χ0) is 59.2. The summed E-state index contributed by atoms with van der Waals surface area (Å²) < 4.78 is 0. The van der Waals surface area contributed by atoms with Crippen LogP contribution < -0.4 is 0 Å². The van der Waals surface area contributed by atoms with Gasteiger partial charge in [0.2, 0.25) is 0 Å². The SMILES string of the molecule is CCCCCCCCCCCCCCCCCCCCCCCCC(C(=O)O)C(O)CCCCCCCCCCCCCCCC1CC1CCCCCCCCCCCCCCC1CC1CCCCCCCCCCCCCCCCCC. The van der Waals surface area contributed by atoms with Crippen molar-refractivity contribution in [1.29, 1.82) is 0 Å². The van der Waals surface area contributed by atoms with Crippen molar-refractivity contribution in [3.63, 3.8) is 0 Å². The molecule has 2 fully saturated rings. The fourth-order valence-corrected chi connectivity index (χ4v) is 14.9. The Hall–Kier alpha value is -0.570. The average molecular weight is 1170 g/mol. The molecule has 494 valence electrons. The third-order valence-corrected chi connectivity index (χ3v) is 21.2. The van der Waals surface area contributed by atoms with Gasteiger partial charge in [0.1, 0.15) is 0 Å². The average Bonchev–Trinajstić information content (AvgIpc) is 4.56. The van der Waals surface area contributed by atoms with Gasteiger partial charge in [-0.05, 0) is 49.4 Å². The van der Waals surface area contributed by atoms with Crippen LogP contribution in [0.15, 0.2) is 0 Å². The Morgan fingerprint density at radius 1 is 0.253 bits per heavy atom. The molecule has 3 nitrogen and oxygen atoms in total. The van der Waals surface area contributed by atoms with Gasteiger partial charge < -0.3 is 10.2 Å². The molecule has 0 saturated heterocycles. The van der Waals surface area contributed by atoms with Crippen molar-refractivity contribution in [1.82, 2.24) is 0 Å². The van der Waals surface area contributed by atoms with Crippen LogP contribution in [0, 0.1) is 29.6 Å². The molecule has 0 aromatic rings. The fraction of sp³-hybridized carbons (Fsp3) is 0.988. The number of carboxylic acids is 1. The first-order chi connectivity index (χ1) is 41.1. The highest BCUT2D eigenvalue weighted by Gasteiger charge is 2.36. The zero-order valence-electron chi connectivity index (χ0n) is 57.5. The molecular formula is C80H156O3. The summed E-state index contributed by atoms with van der Waals surface area (Å²) in [5.41, 5.74) is 0. The second-order valence-corrected chi connectivity index (χ2v) is 29.3. The van der Waals surface area contributed by atoms with Gasteiger partial charge in [0, 0.05) is 0 Å².